The first kappa shape index (κ1) is 25.7. The van der Waals surface area contributed by atoms with E-state index in [9.17, 15) is 36.3 Å². The molecule has 2 aliphatic heterocycles. The highest BCUT2D eigenvalue weighted by molar-refractivity contribution is 6.31. The molecule has 3 aromatic carbocycles. The van der Waals surface area contributed by atoms with Gasteiger partial charge in [0.15, 0.2) is 0 Å². The van der Waals surface area contributed by atoms with Crippen molar-refractivity contribution >= 4 is 35.0 Å². The van der Waals surface area contributed by atoms with Gasteiger partial charge in [-0.3, -0.25) is 14.4 Å². The van der Waals surface area contributed by atoms with Gasteiger partial charge in [-0.05, 0) is 54.1 Å². The number of alkyl halides is 3. The number of rotatable bonds is 4. The number of hydrogen-bond donors (Lipinski definition) is 3. The van der Waals surface area contributed by atoms with E-state index >= 15 is 0 Å². The average Bonchev–Trinajstić information content (AvgIpc) is 3.43. The predicted octanol–water partition coefficient (Wildman–Crippen LogP) is 5.33. The van der Waals surface area contributed by atoms with Crippen LogP contribution in [-0.4, -0.2) is 24.3 Å². The fourth-order valence-corrected chi connectivity index (χ4v) is 4.91. The number of halogens is 6. The zero-order valence-electron chi connectivity index (χ0n) is 19.2. The summed E-state index contributed by atoms with van der Waals surface area (Å²) in [5.74, 6) is -4.10. The summed E-state index contributed by atoms with van der Waals surface area (Å²) >= 11 is 6.27. The molecular formula is C26H17ClF5N3O3. The predicted molar refractivity (Wildman–Crippen MR) is 127 cm³/mol. The van der Waals surface area contributed by atoms with Crippen LogP contribution < -0.4 is 16.0 Å². The van der Waals surface area contributed by atoms with E-state index in [1.54, 1.807) is 6.07 Å². The Morgan fingerprint density at radius 2 is 1.76 bits per heavy atom. The molecule has 0 bridgehead atoms. The van der Waals surface area contributed by atoms with Crippen LogP contribution in [0.15, 0.2) is 48.5 Å². The molecule has 196 valence electrons. The Kier molecular flexibility index (Phi) is 6.34. The van der Waals surface area contributed by atoms with Gasteiger partial charge in [0.05, 0.1) is 11.6 Å². The molecule has 0 radical (unpaired) electrons. The van der Waals surface area contributed by atoms with Gasteiger partial charge in [0.2, 0.25) is 5.91 Å². The van der Waals surface area contributed by atoms with Crippen molar-refractivity contribution in [3.8, 4) is 0 Å². The lowest BCUT2D eigenvalue weighted by atomic mass is 9.90. The minimum Gasteiger partial charge on any atom is -0.355 e. The summed E-state index contributed by atoms with van der Waals surface area (Å²) in [6.45, 7) is 0.268. The van der Waals surface area contributed by atoms with Gasteiger partial charge in [-0.1, -0.05) is 11.6 Å². The maximum absolute atomic E-state index is 14.1. The second-order valence-electron chi connectivity index (χ2n) is 8.99. The number of anilines is 1. The van der Waals surface area contributed by atoms with E-state index < -0.39 is 46.8 Å². The molecule has 0 saturated carbocycles. The summed E-state index contributed by atoms with van der Waals surface area (Å²) in [6, 6.07) is 6.99. The van der Waals surface area contributed by atoms with Crippen LogP contribution in [0.1, 0.15) is 61.4 Å². The largest absolute Gasteiger partial charge is 0.416 e. The quantitative estimate of drug-likeness (QED) is 0.385. The Morgan fingerprint density at radius 1 is 1.00 bits per heavy atom. The van der Waals surface area contributed by atoms with Crippen LogP contribution in [0.5, 0.6) is 0 Å². The molecule has 3 amide bonds. The van der Waals surface area contributed by atoms with Gasteiger partial charge in [-0.15, -0.1) is 0 Å². The number of carbonyl (C=O) groups is 3. The highest BCUT2D eigenvalue weighted by atomic mass is 35.5. The molecule has 2 atom stereocenters. The lowest BCUT2D eigenvalue weighted by Crippen LogP contribution is -2.21. The number of amides is 3. The lowest BCUT2D eigenvalue weighted by molar-refractivity contribution is -0.137. The van der Waals surface area contributed by atoms with Gasteiger partial charge < -0.3 is 16.0 Å². The molecule has 1 fully saturated rings. The molecule has 38 heavy (non-hydrogen) atoms. The third-order valence-corrected chi connectivity index (χ3v) is 6.81. The van der Waals surface area contributed by atoms with Crippen molar-refractivity contribution in [2.75, 3.05) is 11.9 Å². The second-order valence-corrected chi connectivity index (χ2v) is 9.39. The first-order chi connectivity index (χ1) is 17.9. The molecule has 5 rings (SSSR count). The van der Waals surface area contributed by atoms with Gasteiger partial charge in [0.1, 0.15) is 11.6 Å². The van der Waals surface area contributed by atoms with Crippen molar-refractivity contribution in [2.24, 2.45) is 0 Å². The molecule has 2 aliphatic rings. The summed E-state index contributed by atoms with van der Waals surface area (Å²) in [5.41, 5.74) is -0.936. The van der Waals surface area contributed by atoms with E-state index in [2.05, 4.69) is 16.0 Å². The molecule has 0 spiro atoms. The molecule has 12 heteroatoms. The second kappa shape index (κ2) is 9.39. The molecule has 1 saturated heterocycles. The van der Waals surface area contributed by atoms with Crippen molar-refractivity contribution in [2.45, 2.75) is 24.6 Å². The van der Waals surface area contributed by atoms with E-state index in [4.69, 9.17) is 11.6 Å². The Balaban J connectivity index is 1.62. The molecule has 3 aromatic rings. The van der Waals surface area contributed by atoms with E-state index in [1.165, 1.54) is 12.1 Å². The van der Waals surface area contributed by atoms with E-state index in [0.29, 0.717) is 17.7 Å². The molecule has 0 aliphatic carbocycles. The number of hydrogen-bond acceptors (Lipinski definition) is 3. The summed E-state index contributed by atoms with van der Waals surface area (Å²) in [5, 5.41) is 7.97. The normalized spacial score (nSPS) is 18.7. The maximum Gasteiger partial charge on any atom is 0.416 e. The Bertz CT molecular complexity index is 1510. The fraction of sp³-hybridized carbons (Fsp3) is 0.192. The van der Waals surface area contributed by atoms with Gasteiger partial charge in [-0.25, -0.2) is 8.78 Å². The molecule has 0 aromatic heterocycles. The Morgan fingerprint density at radius 3 is 2.45 bits per heavy atom. The highest BCUT2D eigenvalue weighted by Crippen LogP contribution is 2.42. The number of fused-ring (bicyclic) bond motifs is 1. The van der Waals surface area contributed by atoms with Crippen molar-refractivity contribution < 1.29 is 36.3 Å². The third kappa shape index (κ3) is 4.81. The summed E-state index contributed by atoms with van der Waals surface area (Å²) in [6.07, 6.45) is -4.78. The third-order valence-electron chi connectivity index (χ3n) is 6.46. The van der Waals surface area contributed by atoms with Crippen LogP contribution in [-0.2, 0) is 11.0 Å². The van der Waals surface area contributed by atoms with Gasteiger partial charge in [-0.2, -0.15) is 13.2 Å². The van der Waals surface area contributed by atoms with Gasteiger partial charge >= 0.3 is 6.18 Å². The molecule has 3 N–H and O–H groups in total. The number of nitrogens with one attached hydrogen (secondary N) is 3. The van der Waals surface area contributed by atoms with E-state index in [1.807, 2.05) is 0 Å². The van der Waals surface area contributed by atoms with Crippen LogP contribution in [0, 0.1) is 11.6 Å². The Labute approximate surface area is 217 Å². The molecular weight excluding hydrogens is 533 g/mol. The zero-order chi connectivity index (χ0) is 27.4. The summed E-state index contributed by atoms with van der Waals surface area (Å²) in [4.78, 5) is 37.8. The topological polar surface area (TPSA) is 87.3 Å². The highest BCUT2D eigenvalue weighted by Gasteiger charge is 2.37. The minimum absolute atomic E-state index is 0.0170. The minimum atomic E-state index is -4.89. The van der Waals surface area contributed by atoms with Crippen LogP contribution in [0.2, 0.25) is 5.02 Å². The van der Waals surface area contributed by atoms with E-state index in [-0.39, 0.29) is 58.3 Å². The van der Waals surface area contributed by atoms with Gasteiger partial charge in [0.25, 0.3) is 11.8 Å². The SMILES string of the molecule is O=C1C[C@H](c2cc(NC(=O)c3cc(F)cc(C(F)(F)F)c3)c3c(c2)C(=O)N[C@H]3c2cc(F)ccc2Cl)CN1. The number of carbonyl (C=O) groups excluding carboxylic acids is 3. The fourth-order valence-electron chi connectivity index (χ4n) is 4.68. The van der Waals surface area contributed by atoms with E-state index in [0.717, 1.165) is 12.1 Å². The molecule has 6 nitrogen and oxygen atoms in total. The summed E-state index contributed by atoms with van der Waals surface area (Å²) < 4.78 is 67.7. The molecule has 0 unspecified atom stereocenters. The van der Waals surface area contributed by atoms with Crippen LogP contribution >= 0.6 is 11.6 Å². The van der Waals surface area contributed by atoms with Crippen molar-refractivity contribution in [1.82, 2.24) is 10.6 Å². The molecule has 2 heterocycles. The average molecular weight is 550 g/mol. The van der Waals surface area contributed by atoms with Crippen LogP contribution in [0.4, 0.5) is 27.6 Å². The first-order valence-electron chi connectivity index (χ1n) is 11.3. The van der Waals surface area contributed by atoms with Crippen molar-refractivity contribution in [3.63, 3.8) is 0 Å². The van der Waals surface area contributed by atoms with Crippen molar-refractivity contribution in [1.29, 1.82) is 0 Å². The monoisotopic (exact) mass is 549 g/mol. The standard InChI is InChI=1S/C26H17ClF5N3O3/c27-19-2-1-15(28)9-17(19)23-22-18(25(38)35-23)5-11(13-7-21(36)33-10-13)6-20(22)34-24(37)12-3-14(26(30,31)32)8-16(29)4-12/h1-6,8-9,13,23H,7,10H2,(H,33,36)(H,34,37)(H,35,38)/t13-,23-/m0/s1. The first-order valence-corrected chi connectivity index (χ1v) is 11.7. The zero-order valence-corrected chi connectivity index (χ0v) is 19.9. The van der Waals surface area contributed by atoms with Crippen molar-refractivity contribution in [3.05, 3.63) is 98.6 Å². The van der Waals surface area contributed by atoms with Crippen LogP contribution in [0.25, 0.3) is 0 Å². The summed E-state index contributed by atoms with van der Waals surface area (Å²) in [7, 11) is 0. The smallest absolute Gasteiger partial charge is 0.355 e. The van der Waals surface area contributed by atoms with Gasteiger partial charge in [0, 0.05) is 51.8 Å². The maximum atomic E-state index is 14.1. The van der Waals surface area contributed by atoms with Crippen LogP contribution in [0.3, 0.4) is 0 Å². The lowest BCUT2D eigenvalue weighted by Gasteiger charge is -2.20. The Hall–Kier alpha value is -3.99. The number of benzene rings is 3.